The zero-order valence-corrected chi connectivity index (χ0v) is 29.1. The minimum Gasteiger partial charge on any atom is -0.109 e. The van der Waals surface area contributed by atoms with Crippen LogP contribution in [0.4, 0.5) is 0 Å². The summed E-state index contributed by atoms with van der Waals surface area (Å²) in [5, 5.41) is 0.273. The van der Waals surface area contributed by atoms with E-state index in [0.29, 0.717) is 0 Å². The van der Waals surface area contributed by atoms with E-state index in [4.69, 9.17) is 139 Å². The van der Waals surface area contributed by atoms with E-state index >= 15 is 0 Å². The number of halogens is 14. The number of hydrogen-bond donors (Lipinski definition) is 0. The van der Waals surface area contributed by atoms with Crippen LogP contribution in [0, 0.1) is 19.0 Å². The molecule has 4 bridgehead atoms. The summed E-state index contributed by atoms with van der Waals surface area (Å²) in [7, 11) is 0. The Balaban J connectivity index is 1.80. The summed E-state index contributed by atoms with van der Waals surface area (Å²) in [6.07, 6.45) is 0. The Bertz CT molecular complexity index is 1190. The maximum Gasteiger partial charge on any atom is 0.167 e. The highest BCUT2D eigenvalue weighted by Crippen LogP contribution is 2.88. The highest BCUT2D eigenvalue weighted by molar-refractivity contribution is 14.1. The Morgan fingerprint density at radius 3 is 1.06 bits per heavy atom. The third-order valence-corrected chi connectivity index (χ3v) is 19.5. The first-order valence-corrected chi connectivity index (χ1v) is 16.2. The van der Waals surface area contributed by atoms with Crippen molar-refractivity contribution in [1.29, 1.82) is 0 Å². The van der Waals surface area contributed by atoms with Crippen LogP contribution in [0.3, 0.4) is 0 Å². The van der Waals surface area contributed by atoms with E-state index in [1.54, 1.807) is 0 Å². The monoisotopic (exact) mass is 919 g/mol. The normalized spacial score (nSPS) is 49.0. The molecule has 0 heterocycles. The lowest BCUT2D eigenvalue weighted by Crippen LogP contribution is -2.53. The van der Waals surface area contributed by atoms with E-state index < -0.39 is 51.8 Å². The van der Waals surface area contributed by atoms with Crippen LogP contribution in [0.15, 0.2) is 32.3 Å². The summed E-state index contributed by atoms with van der Waals surface area (Å²) >= 11 is 88.6. The van der Waals surface area contributed by atoms with Crippen molar-refractivity contribution >= 4 is 184 Å². The van der Waals surface area contributed by atoms with Crippen LogP contribution < -0.4 is 0 Å². The van der Waals surface area contributed by atoms with E-state index in [2.05, 4.69) is 45.2 Å². The van der Waals surface area contributed by atoms with Gasteiger partial charge in [-0.25, -0.2) is 0 Å². The summed E-state index contributed by atoms with van der Waals surface area (Å²) in [5.41, 5.74) is 1.61. The zero-order valence-electron chi connectivity index (χ0n) is 15.8. The maximum absolute atomic E-state index is 7.32. The highest BCUT2D eigenvalue weighted by Gasteiger charge is 2.91. The summed E-state index contributed by atoms with van der Waals surface area (Å²) in [6.45, 7) is 0. The third-order valence-electron chi connectivity index (χ3n) is 8.17. The molecular weight excluding hydrogens is 919 g/mol. The second kappa shape index (κ2) is 7.72. The fraction of sp³-hybridized carbons (Fsp3) is 0.500. The molecule has 1 aromatic carbocycles. The predicted molar refractivity (Wildman–Crippen MR) is 165 cm³/mol. The second-order valence-corrected chi connectivity index (χ2v) is 18.0. The Morgan fingerprint density at radius 1 is 0.500 bits per heavy atom. The summed E-state index contributed by atoms with van der Waals surface area (Å²) < 4.78 is -1.69. The number of alkyl halides is 8. The molecule has 14 heteroatoms. The molecule has 0 nitrogen and oxygen atoms in total. The van der Waals surface area contributed by atoms with Crippen LogP contribution in [-0.4, -0.2) is 28.2 Å². The summed E-state index contributed by atoms with van der Waals surface area (Å²) in [6, 6.07) is 3.99. The average molecular weight is 926 g/mol. The molecule has 0 amide bonds. The van der Waals surface area contributed by atoms with Crippen molar-refractivity contribution in [2.24, 2.45) is 11.8 Å². The minimum atomic E-state index is -1.82. The van der Waals surface area contributed by atoms with Gasteiger partial charge in [0.1, 0.15) is 19.5 Å². The van der Waals surface area contributed by atoms with Gasteiger partial charge in [-0.05, 0) is 68.4 Å². The minimum absolute atomic E-state index is 0.0482. The van der Waals surface area contributed by atoms with Gasteiger partial charge in [0.05, 0.1) is 20.1 Å². The van der Waals surface area contributed by atoms with Crippen molar-refractivity contribution < 1.29 is 0 Å². The van der Waals surface area contributed by atoms with Crippen LogP contribution in [0.1, 0.15) is 23.0 Å². The number of hydrogen-bond acceptors (Lipinski definition) is 0. The lowest BCUT2D eigenvalue weighted by atomic mass is 9.57. The topological polar surface area (TPSA) is 0 Å². The van der Waals surface area contributed by atoms with Crippen LogP contribution in [0.2, 0.25) is 0 Å². The number of allylic oxidation sites excluding steroid dienone is 4. The fourth-order valence-corrected chi connectivity index (χ4v) is 13.9. The zero-order chi connectivity index (χ0) is 25.3. The second-order valence-electron chi connectivity index (χ2n) is 9.15. The molecule has 2 fully saturated rings. The first-order chi connectivity index (χ1) is 15.4. The number of fused-ring (bicyclic) bond motifs is 14. The largest absolute Gasteiger partial charge is 0.167 e. The molecule has 1 aromatic rings. The van der Waals surface area contributed by atoms with Gasteiger partial charge in [0.15, 0.2) is 8.67 Å². The molecule has 8 atom stereocenters. The SMILES string of the molecule is ClC1=C(Cl)[C@]2(Cl)C3c4cc(I)c(I)cc4C4C(C3[C@@]1(Cl)C2(Cl)Cl)[C@]1(Cl)C(Cl)=C(Cl)[C@@]4(Cl)C1(Cl)Cl. The molecule has 0 aliphatic heterocycles. The van der Waals surface area contributed by atoms with Gasteiger partial charge in [-0.1, -0.05) is 92.8 Å². The maximum atomic E-state index is 7.32. The van der Waals surface area contributed by atoms with Gasteiger partial charge in [0, 0.05) is 30.8 Å². The molecule has 184 valence electrons. The average Bonchev–Trinajstić information content (AvgIpc) is 3.09. The summed E-state index contributed by atoms with van der Waals surface area (Å²) in [4.78, 5) is -6.40. The molecule has 0 saturated heterocycles. The molecule has 6 rings (SSSR count). The quantitative estimate of drug-likeness (QED) is 0.180. The predicted octanol–water partition coefficient (Wildman–Crippen LogP) is 11.0. The van der Waals surface area contributed by atoms with Gasteiger partial charge < -0.3 is 0 Å². The van der Waals surface area contributed by atoms with Gasteiger partial charge >= 0.3 is 0 Å². The van der Waals surface area contributed by atoms with Crippen LogP contribution in [0.25, 0.3) is 0 Å². The van der Waals surface area contributed by atoms with Gasteiger partial charge in [0.25, 0.3) is 0 Å². The van der Waals surface area contributed by atoms with Crippen LogP contribution >= 0.6 is 184 Å². The number of benzene rings is 1. The van der Waals surface area contributed by atoms with Crippen molar-refractivity contribution in [3.8, 4) is 0 Å². The molecule has 0 spiro atoms. The Kier molecular flexibility index (Phi) is 6.31. The van der Waals surface area contributed by atoms with Crippen LogP contribution in [0.5, 0.6) is 0 Å². The van der Waals surface area contributed by atoms with E-state index in [1.807, 2.05) is 12.1 Å². The van der Waals surface area contributed by atoms with E-state index in [0.717, 1.165) is 18.3 Å². The molecule has 2 saturated carbocycles. The smallest absolute Gasteiger partial charge is 0.109 e. The molecule has 5 aliphatic carbocycles. The molecular formula is C20H6Cl12I2. The van der Waals surface area contributed by atoms with Gasteiger partial charge in [0.2, 0.25) is 0 Å². The van der Waals surface area contributed by atoms with Gasteiger partial charge in [-0.2, -0.15) is 0 Å². The molecule has 0 N–H and O–H groups in total. The standard InChI is InChI=1S/C20H6Cl12I2/c21-11-13(23)17(27)9-7(15(11,25)19(17,29)30)3-1-5(33)6(34)2-4(3)8-10(9)18(28)14(24)12(22)16(8,26)20(18,31)32/h1-2,7-10H/t7?,8?,9?,10?,15-,16-,17+,18+/m1/s1. The fourth-order valence-electron chi connectivity index (χ4n) is 6.89. The number of rotatable bonds is 0. The highest BCUT2D eigenvalue weighted by atomic mass is 127. The molecule has 0 aromatic heterocycles. The first kappa shape index (κ1) is 27.8. The Hall–Kier alpha value is 3.64. The lowest BCUT2D eigenvalue weighted by molar-refractivity contribution is 0.201. The molecule has 5 aliphatic rings. The van der Waals surface area contributed by atoms with E-state index in [1.165, 1.54) is 0 Å². The molecule has 34 heavy (non-hydrogen) atoms. The van der Waals surface area contributed by atoms with Gasteiger partial charge in [-0.15, -0.1) is 46.4 Å². The third kappa shape index (κ3) is 2.47. The van der Waals surface area contributed by atoms with Crippen molar-refractivity contribution in [1.82, 2.24) is 0 Å². The first-order valence-electron chi connectivity index (χ1n) is 9.53. The molecule has 4 unspecified atom stereocenters. The van der Waals surface area contributed by atoms with Crippen molar-refractivity contribution in [3.63, 3.8) is 0 Å². The Morgan fingerprint density at radius 2 is 0.765 bits per heavy atom. The van der Waals surface area contributed by atoms with Crippen LogP contribution in [-0.2, 0) is 0 Å². The Labute approximate surface area is 282 Å². The lowest BCUT2D eigenvalue weighted by Gasteiger charge is -2.52. The van der Waals surface area contributed by atoms with Crippen molar-refractivity contribution in [2.45, 2.75) is 40.0 Å². The summed E-state index contributed by atoms with van der Waals surface area (Å²) in [5.74, 6) is -2.61. The van der Waals surface area contributed by atoms with E-state index in [9.17, 15) is 0 Å². The molecule has 0 radical (unpaired) electrons. The van der Waals surface area contributed by atoms with Crippen molar-refractivity contribution in [2.75, 3.05) is 0 Å². The van der Waals surface area contributed by atoms with E-state index in [-0.39, 0.29) is 20.1 Å². The van der Waals surface area contributed by atoms with Gasteiger partial charge in [-0.3, -0.25) is 0 Å². The van der Waals surface area contributed by atoms with Crippen molar-refractivity contribution in [3.05, 3.63) is 50.5 Å².